The highest BCUT2D eigenvalue weighted by molar-refractivity contribution is 6.32. The molecule has 0 spiro atoms. The number of rotatable bonds is 8. The first kappa shape index (κ1) is 27.4. The van der Waals surface area contributed by atoms with E-state index in [1.165, 1.54) is 4.90 Å². The van der Waals surface area contributed by atoms with Gasteiger partial charge in [-0.3, -0.25) is 9.59 Å². The minimum absolute atomic E-state index is 0.0651. The smallest absolute Gasteiger partial charge is 0.259 e. The van der Waals surface area contributed by atoms with Gasteiger partial charge in [-0.25, -0.2) is 4.98 Å². The van der Waals surface area contributed by atoms with Gasteiger partial charge in [-0.2, -0.15) is 0 Å². The summed E-state index contributed by atoms with van der Waals surface area (Å²) < 4.78 is 6.09. The number of carbonyl (C=O) groups excluding carboxylic acids is 2. The monoisotopic (exact) mass is 526 g/mol. The largest absolute Gasteiger partial charge is 0.360 e. The van der Waals surface area contributed by atoms with E-state index in [-0.39, 0.29) is 22.4 Å². The minimum atomic E-state index is -0.841. The first-order valence-corrected chi connectivity index (χ1v) is 13.6. The van der Waals surface area contributed by atoms with Crippen molar-refractivity contribution in [3.8, 4) is 0 Å². The third kappa shape index (κ3) is 5.93. The van der Waals surface area contributed by atoms with E-state index in [0.29, 0.717) is 18.7 Å². The summed E-state index contributed by atoms with van der Waals surface area (Å²) in [6, 6.07) is 13.6. The zero-order chi connectivity index (χ0) is 26.6. The highest BCUT2D eigenvalue weighted by Crippen LogP contribution is 2.39. The third-order valence-electron chi connectivity index (χ3n) is 7.99. The number of hydrogen-bond donors (Lipinski definition) is 0. The zero-order valence-electron chi connectivity index (χ0n) is 22.5. The van der Waals surface area contributed by atoms with Gasteiger partial charge in [0.1, 0.15) is 11.0 Å². The van der Waals surface area contributed by atoms with Crippen molar-refractivity contribution < 1.29 is 14.3 Å². The lowest BCUT2D eigenvalue weighted by atomic mass is 9.76. The van der Waals surface area contributed by atoms with Gasteiger partial charge in [0.15, 0.2) is 5.60 Å². The number of pyridine rings is 1. The van der Waals surface area contributed by atoms with Crippen LogP contribution in [0.5, 0.6) is 0 Å². The average Bonchev–Trinajstić information content (AvgIpc) is 3.40. The van der Waals surface area contributed by atoms with Gasteiger partial charge in [0.05, 0.1) is 5.56 Å². The summed E-state index contributed by atoms with van der Waals surface area (Å²) in [7, 11) is 5.31. The molecule has 4 rings (SSSR count). The van der Waals surface area contributed by atoms with Crippen LogP contribution in [0.15, 0.2) is 42.5 Å². The average molecular weight is 527 g/mol. The number of likely N-dealkylation sites (N-methyl/N-ethyl adjacent to an activating group) is 1. The fraction of sp³-hybridized carbons (Fsp3) is 0.552. The zero-order valence-corrected chi connectivity index (χ0v) is 23.3. The summed E-state index contributed by atoms with van der Waals surface area (Å²) in [5.74, 6) is 0.735. The lowest BCUT2D eigenvalue weighted by Crippen LogP contribution is -2.45. The molecule has 0 N–H and O–H groups in total. The van der Waals surface area contributed by atoms with E-state index < -0.39 is 5.60 Å². The SMILES string of the molecule is CN(C)C(=O)c1ccc(N2CCC(C)(CCCN(C)C(=O)[C@@]3(c4ccccc4)CCCO3)CC2)nc1Cl. The van der Waals surface area contributed by atoms with E-state index in [4.69, 9.17) is 16.3 Å². The Bertz CT molecular complexity index is 1090. The topological polar surface area (TPSA) is 66.0 Å². The van der Waals surface area contributed by atoms with E-state index in [0.717, 1.165) is 63.0 Å². The van der Waals surface area contributed by atoms with Crippen LogP contribution in [0.2, 0.25) is 5.15 Å². The standard InChI is InChI=1S/C29H39ClN4O3/c1-28(16-19-34(20-17-28)24-13-12-23(25(30)31-24)26(35)32(2)3)14-8-18-33(4)27(36)29(15-9-21-37-29)22-10-6-5-7-11-22/h5-7,10-13H,8-9,14-21H2,1-4H3/t29-/m0/s1. The third-order valence-corrected chi connectivity index (χ3v) is 8.28. The number of anilines is 1. The van der Waals surface area contributed by atoms with Crippen LogP contribution >= 0.6 is 11.6 Å². The van der Waals surface area contributed by atoms with Crippen LogP contribution in [0, 0.1) is 5.41 Å². The molecule has 0 radical (unpaired) electrons. The van der Waals surface area contributed by atoms with Crippen molar-refractivity contribution in [2.45, 2.75) is 51.0 Å². The molecule has 2 amide bonds. The van der Waals surface area contributed by atoms with Crippen LogP contribution in [0.4, 0.5) is 5.82 Å². The van der Waals surface area contributed by atoms with E-state index in [1.54, 1.807) is 20.2 Å². The van der Waals surface area contributed by atoms with Crippen LogP contribution in [-0.2, 0) is 15.1 Å². The molecule has 8 heteroatoms. The van der Waals surface area contributed by atoms with Crippen molar-refractivity contribution in [3.63, 3.8) is 0 Å². The molecule has 0 saturated carbocycles. The van der Waals surface area contributed by atoms with Crippen LogP contribution in [0.3, 0.4) is 0 Å². The predicted octanol–water partition coefficient (Wildman–Crippen LogP) is 4.99. The van der Waals surface area contributed by atoms with Crippen LogP contribution in [-0.4, -0.2) is 74.0 Å². The van der Waals surface area contributed by atoms with E-state index in [1.807, 2.05) is 48.3 Å². The predicted molar refractivity (Wildman–Crippen MR) is 147 cm³/mol. The van der Waals surface area contributed by atoms with Crippen LogP contribution in [0.1, 0.15) is 61.4 Å². The maximum absolute atomic E-state index is 13.5. The number of hydrogen-bond acceptors (Lipinski definition) is 5. The van der Waals surface area contributed by atoms with Gasteiger partial charge in [-0.1, -0.05) is 48.9 Å². The molecule has 1 aromatic carbocycles. The number of benzene rings is 1. The number of nitrogens with zero attached hydrogens (tertiary/aromatic N) is 4. The lowest BCUT2D eigenvalue weighted by Gasteiger charge is -2.40. The molecule has 1 atom stereocenters. The maximum atomic E-state index is 13.5. The molecule has 3 heterocycles. The second kappa shape index (κ2) is 11.4. The Morgan fingerprint density at radius 2 is 1.76 bits per heavy atom. The van der Waals surface area contributed by atoms with Gasteiger partial charge in [0.2, 0.25) is 0 Å². The summed E-state index contributed by atoms with van der Waals surface area (Å²) in [6.07, 6.45) is 5.73. The van der Waals surface area contributed by atoms with Crippen molar-refractivity contribution in [2.24, 2.45) is 5.41 Å². The van der Waals surface area contributed by atoms with Crippen molar-refractivity contribution in [1.82, 2.24) is 14.8 Å². The molecule has 0 aliphatic carbocycles. The van der Waals surface area contributed by atoms with Crippen molar-refractivity contribution in [2.75, 3.05) is 52.3 Å². The van der Waals surface area contributed by atoms with Crippen molar-refractivity contribution in [1.29, 1.82) is 0 Å². The Kier molecular flexibility index (Phi) is 8.44. The van der Waals surface area contributed by atoms with Crippen molar-refractivity contribution >= 4 is 29.2 Å². The Labute approximate surface area is 225 Å². The Balaban J connectivity index is 1.29. The quantitative estimate of drug-likeness (QED) is 0.453. The number of carbonyl (C=O) groups is 2. The number of halogens is 1. The summed E-state index contributed by atoms with van der Waals surface area (Å²) in [5, 5.41) is 0.247. The second-order valence-electron chi connectivity index (χ2n) is 11.0. The van der Waals surface area contributed by atoms with Gasteiger partial charge in [0.25, 0.3) is 11.8 Å². The lowest BCUT2D eigenvalue weighted by molar-refractivity contribution is -0.153. The fourth-order valence-corrected chi connectivity index (χ4v) is 5.78. The van der Waals surface area contributed by atoms with E-state index in [9.17, 15) is 9.59 Å². The summed E-state index contributed by atoms with van der Waals surface area (Å²) >= 11 is 6.34. The maximum Gasteiger partial charge on any atom is 0.259 e. The molecular weight excluding hydrogens is 488 g/mol. The summed E-state index contributed by atoms with van der Waals surface area (Å²) in [6.45, 7) is 5.46. The molecular formula is C29H39ClN4O3. The van der Waals surface area contributed by atoms with Crippen LogP contribution < -0.4 is 4.90 Å². The molecule has 2 aromatic rings. The molecule has 0 unspecified atom stereocenters. The first-order chi connectivity index (χ1) is 17.7. The first-order valence-electron chi connectivity index (χ1n) is 13.2. The molecule has 2 fully saturated rings. The summed E-state index contributed by atoms with van der Waals surface area (Å²) in [4.78, 5) is 35.9. The van der Waals surface area contributed by atoms with Crippen molar-refractivity contribution in [3.05, 3.63) is 58.7 Å². The molecule has 37 heavy (non-hydrogen) atoms. The number of piperidine rings is 1. The highest BCUT2D eigenvalue weighted by Gasteiger charge is 2.45. The molecule has 2 saturated heterocycles. The molecule has 0 bridgehead atoms. The van der Waals surface area contributed by atoms with E-state index in [2.05, 4.69) is 16.8 Å². The van der Waals surface area contributed by atoms with Gasteiger partial charge in [-0.15, -0.1) is 0 Å². The van der Waals surface area contributed by atoms with Gasteiger partial charge in [-0.05, 0) is 61.6 Å². The molecule has 200 valence electrons. The van der Waals surface area contributed by atoms with Crippen LogP contribution in [0.25, 0.3) is 0 Å². The number of ether oxygens (including phenoxy) is 1. The minimum Gasteiger partial charge on any atom is -0.360 e. The molecule has 1 aromatic heterocycles. The highest BCUT2D eigenvalue weighted by atomic mass is 35.5. The summed E-state index contributed by atoms with van der Waals surface area (Å²) in [5.41, 5.74) is 0.752. The Morgan fingerprint density at radius 3 is 2.35 bits per heavy atom. The van der Waals surface area contributed by atoms with Gasteiger partial charge in [0, 0.05) is 47.4 Å². The number of amides is 2. The Hall–Kier alpha value is -2.64. The molecule has 7 nitrogen and oxygen atoms in total. The van der Waals surface area contributed by atoms with Gasteiger partial charge < -0.3 is 19.4 Å². The number of aromatic nitrogens is 1. The molecule has 2 aliphatic rings. The van der Waals surface area contributed by atoms with E-state index >= 15 is 0 Å². The normalized spacial score (nSPS) is 21.1. The fourth-order valence-electron chi connectivity index (χ4n) is 5.55. The Morgan fingerprint density at radius 1 is 1.05 bits per heavy atom. The molecule has 2 aliphatic heterocycles. The second-order valence-corrected chi connectivity index (χ2v) is 11.3. The van der Waals surface area contributed by atoms with Gasteiger partial charge >= 0.3 is 0 Å².